The van der Waals surface area contributed by atoms with E-state index < -0.39 is 12.0 Å². The van der Waals surface area contributed by atoms with Crippen LogP contribution < -0.4 is 11.1 Å². The highest BCUT2D eigenvalue weighted by atomic mass is 19.3. The number of aryl methyl sites for hydroxylation is 1. The van der Waals surface area contributed by atoms with Crippen LogP contribution in [0.5, 0.6) is 0 Å². The van der Waals surface area contributed by atoms with E-state index >= 15 is 0 Å². The van der Waals surface area contributed by atoms with Crippen molar-refractivity contribution in [1.82, 2.24) is 9.97 Å². The fraction of sp³-hybridized carbons (Fsp3) is 0.333. The molecule has 0 bridgehead atoms. The molecule has 9 heteroatoms. The van der Waals surface area contributed by atoms with Crippen LogP contribution in [-0.2, 0) is 10.3 Å². The first-order valence-corrected chi connectivity index (χ1v) is 9.26. The van der Waals surface area contributed by atoms with Gasteiger partial charge in [0.05, 0.1) is 17.7 Å². The van der Waals surface area contributed by atoms with Gasteiger partial charge in [-0.25, -0.2) is 13.2 Å². The van der Waals surface area contributed by atoms with E-state index in [4.69, 9.17) is 5.73 Å². The van der Waals surface area contributed by atoms with E-state index in [0.717, 1.165) is 18.2 Å². The zero-order chi connectivity index (χ0) is 22.3. The van der Waals surface area contributed by atoms with Crippen molar-refractivity contribution in [2.45, 2.75) is 45.1 Å². The molecule has 0 fully saturated rings. The fourth-order valence-electron chi connectivity index (χ4n) is 3.13. The Kier molecular flexibility index (Phi) is 7.68. The maximum Gasteiger partial charge on any atom is 0.281 e. The molecule has 0 unspecified atom stereocenters. The molecule has 0 radical (unpaired) electrons. The normalized spacial score (nSPS) is 18.1. The third kappa shape index (κ3) is 5.43. The Balaban J connectivity index is 0.000000269. The van der Waals surface area contributed by atoms with Crippen molar-refractivity contribution in [1.29, 1.82) is 0 Å². The molecule has 0 saturated heterocycles. The maximum atomic E-state index is 14.3. The number of benzene rings is 1. The summed E-state index contributed by atoms with van der Waals surface area (Å²) in [5.41, 5.74) is 7.04. The van der Waals surface area contributed by atoms with Gasteiger partial charge in [-0.3, -0.25) is 19.8 Å². The number of nitrogens with two attached hydrogens (primary N) is 1. The van der Waals surface area contributed by atoms with E-state index in [0.29, 0.717) is 42.0 Å². The number of nitrogens with one attached hydrogen (secondary N) is 1. The SMILES string of the molecule is C=C(C)[C@@]1(c2cc(NC=O)ccc2F)CCCC(N)=N1.Cc1cnc(C(F)F)cn1. The second-order valence-corrected chi connectivity index (χ2v) is 6.94. The van der Waals surface area contributed by atoms with Crippen LogP contribution in [0, 0.1) is 12.7 Å². The van der Waals surface area contributed by atoms with Gasteiger partial charge in [-0.2, -0.15) is 0 Å². The lowest BCUT2D eigenvalue weighted by Crippen LogP contribution is -2.33. The van der Waals surface area contributed by atoms with Crippen LogP contribution in [0.2, 0.25) is 0 Å². The number of rotatable bonds is 5. The highest BCUT2D eigenvalue weighted by Crippen LogP contribution is 2.42. The van der Waals surface area contributed by atoms with Crippen LogP contribution in [0.1, 0.15) is 49.6 Å². The molecule has 1 aliphatic rings. The summed E-state index contributed by atoms with van der Waals surface area (Å²) >= 11 is 0. The quantitative estimate of drug-likeness (QED) is 0.554. The first-order chi connectivity index (χ1) is 14.2. The molecule has 160 valence electrons. The molecule has 30 heavy (non-hydrogen) atoms. The lowest BCUT2D eigenvalue weighted by molar-refractivity contribution is -0.105. The number of carbonyl (C=O) groups excluding carboxylic acids is 1. The van der Waals surface area contributed by atoms with Crippen LogP contribution >= 0.6 is 0 Å². The van der Waals surface area contributed by atoms with Crippen molar-refractivity contribution < 1.29 is 18.0 Å². The number of nitrogens with zero attached hydrogens (tertiary/aromatic N) is 3. The third-order valence-electron chi connectivity index (χ3n) is 4.67. The van der Waals surface area contributed by atoms with E-state index in [2.05, 4.69) is 26.9 Å². The van der Waals surface area contributed by atoms with Crippen LogP contribution in [0.25, 0.3) is 0 Å². The van der Waals surface area contributed by atoms with E-state index in [1.54, 1.807) is 13.0 Å². The molecule has 2 heterocycles. The highest BCUT2D eigenvalue weighted by molar-refractivity contribution is 5.82. The third-order valence-corrected chi connectivity index (χ3v) is 4.67. The van der Waals surface area contributed by atoms with Gasteiger partial charge in [-0.05, 0) is 50.5 Å². The number of hydrogen-bond donors (Lipinski definition) is 2. The highest BCUT2D eigenvalue weighted by Gasteiger charge is 2.37. The summed E-state index contributed by atoms with van der Waals surface area (Å²) in [6.07, 6.45) is 2.64. The van der Waals surface area contributed by atoms with Gasteiger partial charge in [0, 0.05) is 23.9 Å². The largest absolute Gasteiger partial charge is 0.387 e. The van der Waals surface area contributed by atoms with Crippen molar-refractivity contribution in [3.63, 3.8) is 0 Å². The lowest BCUT2D eigenvalue weighted by atomic mass is 9.78. The van der Waals surface area contributed by atoms with Gasteiger partial charge in [0.1, 0.15) is 17.1 Å². The van der Waals surface area contributed by atoms with Gasteiger partial charge in [-0.1, -0.05) is 6.58 Å². The first kappa shape index (κ1) is 23.1. The number of halogens is 3. The molecular formula is C21H24F3N5O. The summed E-state index contributed by atoms with van der Waals surface area (Å²) in [7, 11) is 0. The van der Waals surface area contributed by atoms with Gasteiger partial charge in [0.25, 0.3) is 6.43 Å². The Hall–Kier alpha value is -3.23. The Morgan fingerprint density at radius 1 is 1.33 bits per heavy atom. The molecule has 0 saturated carbocycles. The number of carbonyl (C=O) groups is 1. The minimum absolute atomic E-state index is 0.273. The topological polar surface area (TPSA) is 93.3 Å². The summed E-state index contributed by atoms with van der Waals surface area (Å²) in [5, 5.41) is 2.52. The number of aromatic nitrogens is 2. The van der Waals surface area contributed by atoms with Crippen LogP contribution in [0.4, 0.5) is 18.9 Å². The van der Waals surface area contributed by atoms with Crippen LogP contribution in [0.15, 0.2) is 47.7 Å². The predicted octanol–water partition coefficient (Wildman–Crippen LogP) is 4.43. The summed E-state index contributed by atoms with van der Waals surface area (Å²) in [5.74, 6) is 0.135. The summed E-state index contributed by atoms with van der Waals surface area (Å²) in [6.45, 7) is 7.48. The van der Waals surface area contributed by atoms with Crippen molar-refractivity contribution in [2.75, 3.05) is 5.32 Å². The second kappa shape index (κ2) is 10.00. The van der Waals surface area contributed by atoms with E-state index in [1.165, 1.54) is 18.3 Å². The predicted molar refractivity (Wildman–Crippen MR) is 110 cm³/mol. The lowest BCUT2D eigenvalue weighted by Gasteiger charge is -2.35. The van der Waals surface area contributed by atoms with Crippen LogP contribution in [-0.4, -0.2) is 22.2 Å². The minimum atomic E-state index is -2.52. The molecule has 1 aromatic heterocycles. The van der Waals surface area contributed by atoms with Crippen molar-refractivity contribution in [3.8, 4) is 0 Å². The van der Waals surface area contributed by atoms with Crippen molar-refractivity contribution in [2.24, 2.45) is 10.7 Å². The molecule has 1 aliphatic heterocycles. The average Bonchev–Trinajstić information content (AvgIpc) is 2.70. The Morgan fingerprint density at radius 3 is 2.60 bits per heavy atom. The maximum absolute atomic E-state index is 14.3. The first-order valence-electron chi connectivity index (χ1n) is 9.26. The zero-order valence-corrected chi connectivity index (χ0v) is 16.8. The number of amides is 1. The summed E-state index contributed by atoms with van der Waals surface area (Å²) in [4.78, 5) is 22.2. The van der Waals surface area contributed by atoms with E-state index in [-0.39, 0.29) is 11.5 Å². The Bertz CT molecular complexity index is 931. The molecule has 1 atom stereocenters. The average molecular weight is 419 g/mol. The number of alkyl halides is 2. The number of hydrogen-bond acceptors (Lipinski definition) is 5. The Labute approximate surface area is 173 Å². The van der Waals surface area contributed by atoms with Gasteiger partial charge in [0.15, 0.2) is 0 Å². The number of anilines is 1. The molecular weight excluding hydrogens is 395 g/mol. The molecule has 3 N–H and O–H groups in total. The molecule has 0 aliphatic carbocycles. The zero-order valence-electron chi connectivity index (χ0n) is 16.8. The van der Waals surface area contributed by atoms with E-state index in [1.807, 2.05) is 6.92 Å². The van der Waals surface area contributed by atoms with E-state index in [9.17, 15) is 18.0 Å². The minimum Gasteiger partial charge on any atom is -0.387 e. The Morgan fingerprint density at radius 2 is 2.07 bits per heavy atom. The molecule has 3 rings (SSSR count). The van der Waals surface area contributed by atoms with Crippen LogP contribution in [0.3, 0.4) is 0 Å². The van der Waals surface area contributed by atoms with Crippen molar-refractivity contribution >= 4 is 17.9 Å². The number of aliphatic imine (C=N–C) groups is 1. The second-order valence-electron chi connectivity index (χ2n) is 6.94. The summed E-state index contributed by atoms with van der Waals surface area (Å²) in [6, 6.07) is 4.43. The van der Waals surface area contributed by atoms with Gasteiger partial charge in [-0.15, -0.1) is 0 Å². The smallest absolute Gasteiger partial charge is 0.281 e. The molecule has 2 aromatic rings. The van der Waals surface area contributed by atoms with Gasteiger partial charge in [0.2, 0.25) is 6.41 Å². The monoisotopic (exact) mass is 419 g/mol. The van der Waals surface area contributed by atoms with Gasteiger partial charge >= 0.3 is 0 Å². The molecule has 6 nitrogen and oxygen atoms in total. The fourth-order valence-corrected chi connectivity index (χ4v) is 3.13. The number of amidine groups is 1. The molecule has 1 amide bonds. The molecule has 0 spiro atoms. The van der Waals surface area contributed by atoms with Crippen molar-refractivity contribution in [3.05, 3.63) is 65.5 Å². The standard InChI is InChI=1S/C15H18FN3O.C6H6F2N2/c1-10(2)15(7-3-4-14(17)19-15)12-8-11(18-9-20)5-6-13(12)16;1-4-2-10-5(3-9-4)6(7)8/h5-6,8-9H,1,3-4,7H2,2H3,(H2,17,19)(H,18,20);2-3,6H,1H3/t15-;/m1./s1. The molecule has 1 aromatic carbocycles. The van der Waals surface area contributed by atoms with Gasteiger partial charge < -0.3 is 11.1 Å². The summed E-state index contributed by atoms with van der Waals surface area (Å²) < 4.78 is 37.9.